The number of benzene rings is 4. The maximum atomic E-state index is 13.5. The van der Waals surface area contributed by atoms with Crippen molar-refractivity contribution in [3.63, 3.8) is 0 Å². The van der Waals surface area contributed by atoms with Gasteiger partial charge in [-0.2, -0.15) is 0 Å². The van der Waals surface area contributed by atoms with Crippen molar-refractivity contribution in [2.75, 3.05) is 12.0 Å². The minimum Gasteiger partial charge on any atom is -0.507 e. The highest BCUT2D eigenvalue weighted by Gasteiger charge is 2.47. The van der Waals surface area contributed by atoms with Gasteiger partial charge in [0.2, 0.25) is 0 Å². The zero-order valence-electron chi connectivity index (χ0n) is 23.1. The third-order valence-electron chi connectivity index (χ3n) is 6.89. The summed E-state index contributed by atoms with van der Waals surface area (Å²) in [5.41, 5.74) is 2.33. The molecule has 1 aliphatic heterocycles. The Bertz CT molecular complexity index is 1680. The molecule has 0 spiro atoms. The van der Waals surface area contributed by atoms with Gasteiger partial charge in [-0.1, -0.05) is 42.5 Å². The van der Waals surface area contributed by atoms with Gasteiger partial charge in [-0.05, 0) is 78.2 Å². The van der Waals surface area contributed by atoms with Crippen molar-refractivity contribution in [3.8, 4) is 17.2 Å². The number of aliphatic hydroxyl groups excluding tert-OH is 1. The molecule has 1 saturated heterocycles. The van der Waals surface area contributed by atoms with Crippen molar-refractivity contribution in [3.05, 3.63) is 125 Å². The molecule has 0 aromatic heterocycles. The van der Waals surface area contributed by atoms with Crippen LogP contribution in [0.25, 0.3) is 5.76 Å². The van der Waals surface area contributed by atoms with Crippen LogP contribution in [0.3, 0.4) is 0 Å². The second-order valence-electron chi connectivity index (χ2n) is 9.74. The van der Waals surface area contributed by atoms with E-state index in [1.54, 1.807) is 49.4 Å². The molecule has 5 rings (SSSR count). The Morgan fingerprint density at radius 2 is 1.60 bits per heavy atom. The Morgan fingerprint density at radius 3 is 2.26 bits per heavy atom. The van der Waals surface area contributed by atoms with Gasteiger partial charge >= 0.3 is 6.36 Å². The average Bonchev–Trinajstić information content (AvgIpc) is 3.26. The second kappa shape index (κ2) is 11.9. The molecule has 0 bridgehead atoms. The molecule has 1 unspecified atom stereocenters. The second-order valence-corrected chi connectivity index (χ2v) is 9.74. The summed E-state index contributed by atoms with van der Waals surface area (Å²) in [6.07, 6.45) is -4.90. The van der Waals surface area contributed by atoms with Crippen LogP contribution >= 0.6 is 0 Å². The number of hydrogen-bond donors (Lipinski definition) is 1. The van der Waals surface area contributed by atoms with Crippen LogP contribution in [0.1, 0.15) is 28.3 Å². The Labute approximate surface area is 245 Å². The van der Waals surface area contributed by atoms with Crippen molar-refractivity contribution in [1.29, 1.82) is 0 Å². The van der Waals surface area contributed by atoms with E-state index in [1.165, 1.54) is 19.2 Å². The maximum absolute atomic E-state index is 13.5. The van der Waals surface area contributed by atoms with E-state index in [4.69, 9.17) is 9.47 Å². The standard InChI is InChI=1S/C33H26F3NO6/c1-20-17-23(11-16-27(20)42-19-21-7-4-3-5-8-21)30(38)28-29(22-9-6-10-26(18-22)41-2)37(32(40)31(28)39)24-12-14-25(15-13-24)43-33(34,35)36/h3-18,29,38H,19H2,1-2H3/b30-28-. The van der Waals surface area contributed by atoms with Crippen molar-refractivity contribution in [2.24, 2.45) is 0 Å². The van der Waals surface area contributed by atoms with E-state index in [0.29, 0.717) is 29.2 Å². The molecule has 4 aromatic carbocycles. The fourth-order valence-electron chi connectivity index (χ4n) is 4.88. The molecule has 7 nitrogen and oxygen atoms in total. The fourth-order valence-corrected chi connectivity index (χ4v) is 4.88. The Hall–Kier alpha value is -5.25. The van der Waals surface area contributed by atoms with Gasteiger partial charge in [0.05, 0.1) is 18.7 Å². The first-order valence-electron chi connectivity index (χ1n) is 13.1. The topological polar surface area (TPSA) is 85.3 Å². The van der Waals surface area contributed by atoms with E-state index in [2.05, 4.69) is 4.74 Å². The molecule has 1 N–H and O–H groups in total. The third-order valence-corrected chi connectivity index (χ3v) is 6.89. The van der Waals surface area contributed by atoms with Crippen LogP contribution in [-0.4, -0.2) is 30.3 Å². The number of aryl methyl sites for hydroxylation is 1. The number of carbonyl (C=O) groups is 2. The summed E-state index contributed by atoms with van der Waals surface area (Å²) >= 11 is 0. The molecule has 10 heteroatoms. The summed E-state index contributed by atoms with van der Waals surface area (Å²) in [5.74, 6) is -1.81. The lowest BCUT2D eigenvalue weighted by Gasteiger charge is -2.26. The number of halogens is 3. The predicted octanol–water partition coefficient (Wildman–Crippen LogP) is 7.11. The van der Waals surface area contributed by atoms with Crippen LogP contribution in [0.4, 0.5) is 18.9 Å². The highest BCUT2D eigenvalue weighted by Crippen LogP contribution is 2.43. The number of amides is 1. The smallest absolute Gasteiger partial charge is 0.507 e. The molecule has 1 atom stereocenters. The zero-order valence-corrected chi connectivity index (χ0v) is 23.1. The molecule has 1 heterocycles. The minimum atomic E-state index is -4.90. The lowest BCUT2D eigenvalue weighted by atomic mass is 9.94. The number of alkyl halides is 3. The molecule has 0 saturated carbocycles. The third kappa shape index (κ3) is 6.33. The maximum Gasteiger partial charge on any atom is 0.573 e. The summed E-state index contributed by atoms with van der Waals surface area (Å²) in [6, 6.07) is 24.6. The van der Waals surface area contributed by atoms with E-state index < -0.39 is 35.6 Å². The molecular weight excluding hydrogens is 563 g/mol. The number of anilines is 1. The van der Waals surface area contributed by atoms with Gasteiger partial charge in [0.1, 0.15) is 29.6 Å². The van der Waals surface area contributed by atoms with Gasteiger partial charge in [0.25, 0.3) is 11.7 Å². The highest BCUT2D eigenvalue weighted by atomic mass is 19.4. The molecule has 1 fully saturated rings. The lowest BCUT2D eigenvalue weighted by Crippen LogP contribution is -2.29. The first kappa shape index (κ1) is 29.2. The van der Waals surface area contributed by atoms with E-state index >= 15 is 0 Å². The predicted molar refractivity (Wildman–Crippen MR) is 153 cm³/mol. The molecular formula is C33H26F3NO6. The number of methoxy groups -OCH3 is 1. The number of ether oxygens (including phenoxy) is 3. The van der Waals surface area contributed by atoms with Crippen molar-refractivity contribution < 1.29 is 42.1 Å². The summed E-state index contributed by atoms with van der Waals surface area (Å²) < 4.78 is 53.3. The van der Waals surface area contributed by atoms with Gasteiger partial charge in [-0.15, -0.1) is 13.2 Å². The van der Waals surface area contributed by atoms with Crippen LogP contribution < -0.4 is 19.1 Å². The SMILES string of the molecule is COc1cccc(C2/C(=C(/O)c3ccc(OCc4ccccc4)c(C)c3)C(=O)C(=O)N2c2ccc(OC(F)(F)F)cc2)c1. The number of carbonyl (C=O) groups excluding carboxylic acids is 2. The minimum absolute atomic E-state index is 0.129. The van der Waals surface area contributed by atoms with Gasteiger partial charge < -0.3 is 19.3 Å². The van der Waals surface area contributed by atoms with Crippen molar-refractivity contribution >= 4 is 23.1 Å². The number of aliphatic hydroxyl groups is 1. The average molecular weight is 590 g/mol. The molecule has 43 heavy (non-hydrogen) atoms. The number of Topliss-reactive ketones (excluding diaryl/α,β-unsaturated/α-hetero) is 1. The Morgan fingerprint density at radius 1 is 0.884 bits per heavy atom. The van der Waals surface area contributed by atoms with E-state index in [-0.39, 0.29) is 16.8 Å². The zero-order chi connectivity index (χ0) is 30.7. The van der Waals surface area contributed by atoms with Crippen molar-refractivity contribution in [1.82, 2.24) is 0 Å². The van der Waals surface area contributed by atoms with Crippen LogP contribution in [0.2, 0.25) is 0 Å². The number of hydrogen-bond acceptors (Lipinski definition) is 6. The van der Waals surface area contributed by atoms with Gasteiger partial charge in [-0.3, -0.25) is 14.5 Å². The number of rotatable bonds is 8. The Balaban J connectivity index is 1.55. The highest BCUT2D eigenvalue weighted by molar-refractivity contribution is 6.51. The largest absolute Gasteiger partial charge is 0.573 e. The van der Waals surface area contributed by atoms with Crippen LogP contribution in [0, 0.1) is 6.92 Å². The van der Waals surface area contributed by atoms with Gasteiger partial charge in [-0.25, -0.2) is 0 Å². The van der Waals surface area contributed by atoms with Crippen molar-refractivity contribution in [2.45, 2.75) is 25.9 Å². The quantitative estimate of drug-likeness (QED) is 0.134. The van der Waals surface area contributed by atoms with Gasteiger partial charge in [0, 0.05) is 11.3 Å². The monoisotopic (exact) mass is 589 g/mol. The summed E-state index contributed by atoms with van der Waals surface area (Å²) in [4.78, 5) is 28.0. The fraction of sp³-hybridized carbons (Fsp3) is 0.152. The van der Waals surface area contributed by atoms with Gasteiger partial charge in [0.15, 0.2) is 0 Å². The number of ketones is 1. The molecule has 1 aliphatic rings. The first-order valence-corrected chi connectivity index (χ1v) is 13.1. The van der Waals surface area contributed by atoms with Crippen LogP contribution in [0.5, 0.6) is 17.2 Å². The normalized spacial score (nSPS) is 16.3. The van der Waals surface area contributed by atoms with E-state index in [1.807, 2.05) is 30.3 Å². The first-order chi connectivity index (χ1) is 20.6. The van der Waals surface area contributed by atoms with E-state index in [0.717, 1.165) is 22.6 Å². The van der Waals surface area contributed by atoms with E-state index in [9.17, 15) is 27.9 Å². The van der Waals surface area contributed by atoms with Crippen LogP contribution in [0.15, 0.2) is 103 Å². The molecule has 1 amide bonds. The summed E-state index contributed by atoms with van der Waals surface area (Å²) in [5, 5.41) is 11.5. The molecule has 0 aliphatic carbocycles. The summed E-state index contributed by atoms with van der Waals surface area (Å²) in [7, 11) is 1.46. The summed E-state index contributed by atoms with van der Waals surface area (Å²) in [6.45, 7) is 2.13. The number of nitrogens with zero attached hydrogens (tertiary/aromatic N) is 1. The van der Waals surface area contributed by atoms with Crippen LogP contribution in [-0.2, 0) is 16.2 Å². The lowest BCUT2D eigenvalue weighted by molar-refractivity contribution is -0.274. The Kier molecular flexibility index (Phi) is 8.11. The molecule has 220 valence electrons. The molecule has 0 radical (unpaired) electrons. The molecule has 4 aromatic rings.